The maximum atomic E-state index is 9.35. The fraction of sp³-hybridized carbons (Fsp3) is 0. The summed E-state index contributed by atoms with van der Waals surface area (Å²) in [6.45, 7) is 0. The van der Waals surface area contributed by atoms with E-state index in [9.17, 15) is 15.3 Å². The highest BCUT2D eigenvalue weighted by Crippen LogP contribution is 2.37. The molecule has 0 amide bonds. The molecule has 18 N–H and O–H groups in total. The van der Waals surface area contributed by atoms with Gasteiger partial charge in [-0.15, -0.1) is 0 Å². The lowest BCUT2D eigenvalue weighted by molar-refractivity contribution is 0.367. The van der Waals surface area contributed by atoms with Crippen LogP contribution in [0.25, 0.3) is 0 Å². The van der Waals surface area contributed by atoms with Gasteiger partial charge in [-0.2, -0.15) is 15.3 Å². The van der Waals surface area contributed by atoms with Gasteiger partial charge in [0.1, 0.15) is 0 Å². The van der Waals surface area contributed by atoms with Gasteiger partial charge < -0.3 is 63.2 Å². The molecule has 21 heteroatoms. The first-order valence-corrected chi connectivity index (χ1v) is 12.8. The Morgan fingerprint density at radius 2 is 0.667 bits per heavy atom. The molecule has 45 heavy (non-hydrogen) atoms. The Bertz CT molecular complexity index is 1450. The van der Waals surface area contributed by atoms with Gasteiger partial charge in [0.2, 0.25) is 17.2 Å². The number of benzene rings is 3. The zero-order valence-corrected chi connectivity index (χ0v) is 25.0. The topological polar surface area (TPSA) is 333 Å². The number of rotatable bonds is 6. The van der Waals surface area contributed by atoms with E-state index >= 15 is 0 Å². The monoisotopic (exact) mass is 681 g/mol. The molecule has 0 saturated carbocycles. The number of thiocarbonyl (C=S) groups is 3. The second-order valence-electron chi connectivity index (χ2n) is 7.82. The van der Waals surface area contributed by atoms with Crippen molar-refractivity contribution in [2.75, 3.05) is 0 Å². The van der Waals surface area contributed by atoms with Crippen LogP contribution in [0.15, 0.2) is 51.7 Å². The van der Waals surface area contributed by atoms with Crippen LogP contribution in [0.4, 0.5) is 0 Å². The molecule has 0 heterocycles. The van der Waals surface area contributed by atoms with Crippen molar-refractivity contribution >= 4 is 70.6 Å². The van der Waals surface area contributed by atoms with Gasteiger partial charge in [0.25, 0.3) is 0 Å². The van der Waals surface area contributed by atoms with Crippen LogP contribution in [0.3, 0.4) is 0 Å². The van der Waals surface area contributed by atoms with Crippen LogP contribution in [0, 0.1) is 0 Å². The van der Waals surface area contributed by atoms with Crippen molar-refractivity contribution in [3.8, 4) is 51.7 Å². The summed E-state index contributed by atoms with van der Waals surface area (Å²) < 4.78 is 0. The summed E-state index contributed by atoms with van der Waals surface area (Å²) in [6.07, 6.45) is 3.61. The quantitative estimate of drug-likeness (QED) is 0.0699. The van der Waals surface area contributed by atoms with E-state index in [0.29, 0.717) is 0 Å². The summed E-state index contributed by atoms with van der Waals surface area (Å²) >= 11 is 13.5. The van der Waals surface area contributed by atoms with E-state index in [1.165, 1.54) is 55.0 Å². The summed E-state index contributed by atoms with van der Waals surface area (Å²) in [7, 11) is 0. The van der Waals surface area contributed by atoms with E-state index in [-0.39, 0.29) is 32.0 Å². The molecule has 3 rings (SSSR count). The molecule has 18 nitrogen and oxygen atoms in total. The third kappa shape index (κ3) is 12.4. The van der Waals surface area contributed by atoms with Gasteiger partial charge in [-0.25, -0.2) is 0 Å². The first kappa shape index (κ1) is 37.0. The smallest absolute Gasteiger partial charge is 0.200 e. The molecule has 0 aliphatic heterocycles. The third-order valence-electron chi connectivity index (χ3n) is 4.62. The Balaban J connectivity index is 0.000000337. The van der Waals surface area contributed by atoms with Crippen molar-refractivity contribution in [1.82, 2.24) is 16.3 Å². The van der Waals surface area contributed by atoms with Crippen molar-refractivity contribution < 1.29 is 46.0 Å². The molecular weight excluding hydrogens is 655 g/mol. The molecule has 0 bridgehead atoms. The number of aromatic hydroxyl groups is 9. The van der Waals surface area contributed by atoms with E-state index in [4.69, 9.17) is 47.8 Å². The Labute approximate surface area is 269 Å². The molecule has 240 valence electrons. The number of hydrogen-bond acceptors (Lipinski definition) is 15. The highest BCUT2D eigenvalue weighted by atomic mass is 32.1. The zero-order valence-electron chi connectivity index (χ0n) is 22.5. The molecule has 0 aliphatic rings. The third-order valence-corrected chi connectivity index (χ3v) is 4.89. The van der Waals surface area contributed by atoms with Crippen LogP contribution in [0.2, 0.25) is 0 Å². The highest BCUT2D eigenvalue weighted by Gasteiger charge is 2.10. The van der Waals surface area contributed by atoms with Crippen molar-refractivity contribution in [2.24, 2.45) is 32.5 Å². The number of phenols is 9. The Morgan fingerprint density at radius 3 is 0.867 bits per heavy atom. The molecule has 0 fully saturated rings. The highest BCUT2D eigenvalue weighted by molar-refractivity contribution is 7.80. The normalized spacial score (nSPS) is 10.4. The summed E-state index contributed by atoms with van der Waals surface area (Å²) in [5, 5.41) is 93.3. The Morgan fingerprint density at radius 1 is 0.444 bits per heavy atom. The standard InChI is InChI=1S/3C8H9N3O3S/c3*9-8(15)11-10-3-4-1-2-5(12)7(14)6(4)13/h3*1-3,12-14H,(H3,9,11,15)/b3*10-3+. The van der Waals surface area contributed by atoms with Crippen molar-refractivity contribution in [1.29, 1.82) is 0 Å². The van der Waals surface area contributed by atoms with Crippen LogP contribution in [-0.4, -0.2) is 79.9 Å². The molecule has 3 aromatic rings. The van der Waals surface area contributed by atoms with E-state index in [2.05, 4.69) is 68.2 Å². The number of hydrogen-bond donors (Lipinski definition) is 15. The summed E-state index contributed by atoms with van der Waals surface area (Å²) in [5.41, 5.74) is 22.8. The summed E-state index contributed by atoms with van der Waals surface area (Å²) in [6, 6.07) is 7.77. The lowest BCUT2D eigenvalue weighted by Gasteiger charge is -2.03. The minimum atomic E-state index is -0.603. The number of nitrogens with one attached hydrogen (secondary N) is 3. The number of nitrogens with zero attached hydrogens (tertiary/aromatic N) is 3. The molecule has 0 aliphatic carbocycles. The lowest BCUT2D eigenvalue weighted by atomic mass is 10.2. The van der Waals surface area contributed by atoms with Gasteiger partial charge >= 0.3 is 0 Å². The summed E-state index contributed by atoms with van der Waals surface area (Å²) in [4.78, 5) is 0. The predicted molar refractivity (Wildman–Crippen MR) is 177 cm³/mol. The largest absolute Gasteiger partial charge is 0.504 e. The number of hydrazone groups is 3. The maximum absolute atomic E-state index is 9.35. The Kier molecular flexibility index (Phi) is 14.6. The molecule has 3 aromatic carbocycles. The SMILES string of the molecule is NC(=S)N/N=C/c1ccc(O)c(O)c1O.NC(=S)N/N=C/c1ccc(O)c(O)c1O.NC(=S)N/N=C/c1ccc(O)c(O)c1O. The predicted octanol–water partition coefficient (Wildman–Crippen LogP) is -0.0885. The molecule has 0 saturated heterocycles. The van der Waals surface area contributed by atoms with E-state index in [1.807, 2.05) is 0 Å². The molecule has 0 unspecified atom stereocenters. The van der Waals surface area contributed by atoms with Crippen LogP contribution in [-0.2, 0) is 0 Å². The Hall–Kier alpha value is -6.06. The zero-order chi connectivity index (χ0) is 34.3. The minimum Gasteiger partial charge on any atom is -0.504 e. The van der Waals surface area contributed by atoms with Gasteiger partial charge in [0, 0.05) is 16.7 Å². The number of nitrogens with two attached hydrogens (primary N) is 3. The first-order chi connectivity index (χ1) is 21.1. The fourth-order valence-electron chi connectivity index (χ4n) is 2.56. The van der Waals surface area contributed by atoms with E-state index in [0.717, 1.165) is 0 Å². The molecule has 0 radical (unpaired) electrons. The van der Waals surface area contributed by atoms with Crippen LogP contribution >= 0.6 is 36.7 Å². The lowest BCUT2D eigenvalue weighted by Crippen LogP contribution is -2.24. The van der Waals surface area contributed by atoms with Gasteiger partial charge in [-0.1, -0.05) is 0 Å². The van der Waals surface area contributed by atoms with Crippen molar-refractivity contribution in [2.45, 2.75) is 0 Å². The maximum Gasteiger partial charge on any atom is 0.200 e. The van der Waals surface area contributed by atoms with Gasteiger partial charge in [0.15, 0.2) is 49.8 Å². The first-order valence-electron chi connectivity index (χ1n) is 11.5. The molecule has 0 atom stereocenters. The van der Waals surface area contributed by atoms with Gasteiger partial charge in [-0.05, 0) is 73.1 Å². The second kappa shape index (κ2) is 17.8. The minimum absolute atomic E-state index is 0.0197. The molecule has 0 aromatic heterocycles. The van der Waals surface area contributed by atoms with E-state index < -0.39 is 51.7 Å². The van der Waals surface area contributed by atoms with Crippen LogP contribution in [0.5, 0.6) is 51.7 Å². The molecule has 0 spiro atoms. The fourth-order valence-corrected chi connectivity index (χ4v) is 2.72. The molecular formula is C24H27N9O9S3. The van der Waals surface area contributed by atoms with Crippen LogP contribution < -0.4 is 33.5 Å². The second-order valence-corrected chi connectivity index (χ2v) is 9.14. The van der Waals surface area contributed by atoms with Crippen molar-refractivity contribution in [3.63, 3.8) is 0 Å². The van der Waals surface area contributed by atoms with Gasteiger partial charge in [0.05, 0.1) is 18.6 Å². The average Bonchev–Trinajstić information content (AvgIpc) is 2.97. The van der Waals surface area contributed by atoms with E-state index in [1.54, 1.807) is 0 Å². The van der Waals surface area contributed by atoms with Gasteiger partial charge in [-0.3, -0.25) is 16.3 Å². The number of phenolic OH excluding ortho intramolecular Hbond substituents is 9. The summed E-state index contributed by atoms with van der Waals surface area (Å²) in [5.74, 6) is -4.45. The van der Waals surface area contributed by atoms with Crippen molar-refractivity contribution in [3.05, 3.63) is 53.1 Å². The average molecular weight is 682 g/mol. The van der Waals surface area contributed by atoms with Crippen LogP contribution in [0.1, 0.15) is 16.7 Å².